The molecule has 1 unspecified atom stereocenters. The topological polar surface area (TPSA) is 53.3 Å². The van der Waals surface area contributed by atoms with Crippen molar-refractivity contribution in [2.24, 2.45) is 0 Å². The van der Waals surface area contributed by atoms with Gasteiger partial charge in [0, 0.05) is 18.2 Å². The van der Waals surface area contributed by atoms with Gasteiger partial charge in [-0.2, -0.15) is 5.26 Å². The maximum Gasteiger partial charge on any atom is 0.230 e. The predicted molar refractivity (Wildman–Crippen MR) is 74.3 cm³/mol. The van der Waals surface area contributed by atoms with Crippen LogP contribution in [0, 0.1) is 11.3 Å². The van der Waals surface area contributed by atoms with E-state index in [1.807, 2.05) is 29.2 Å². The first-order valence-electron chi connectivity index (χ1n) is 7.20. The summed E-state index contributed by atoms with van der Waals surface area (Å²) in [4.78, 5) is 14.7. The standard InChI is InChI=1S/C16H18N2O2/c17-9-3-10-18(12-6-7-12)16(19)14-8-11-20-15-5-2-1-4-13(14)15/h1-2,4-5,12,14H,3,6-8,10-11H2. The molecule has 20 heavy (non-hydrogen) atoms. The average molecular weight is 270 g/mol. The zero-order chi connectivity index (χ0) is 13.9. The second-order valence-corrected chi connectivity index (χ2v) is 5.40. The third kappa shape index (κ3) is 2.49. The molecule has 0 saturated heterocycles. The molecule has 104 valence electrons. The second-order valence-electron chi connectivity index (χ2n) is 5.40. The molecular weight excluding hydrogens is 252 g/mol. The summed E-state index contributed by atoms with van der Waals surface area (Å²) < 4.78 is 5.62. The summed E-state index contributed by atoms with van der Waals surface area (Å²) in [7, 11) is 0. The Morgan fingerprint density at radius 1 is 1.35 bits per heavy atom. The summed E-state index contributed by atoms with van der Waals surface area (Å²) in [5.74, 6) is 0.880. The molecule has 2 aliphatic rings. The highest BCUT2D eigenvalue weighted by atomic mass is 16.5. The lowest BCUT2D eigenvalue weighted by Gasteiger charge is -2.30. The molecule has 0 spiro atoms. The summed E-state index contributed by atoms with van der Waals surface area (Å²) in [6.07, 6.45) is 3.28. The Labute approximate surface area is 118 Å². The summed E-state index contributed by atoms with van der Waals surface area (Å²) in [6.45, 7) is 1.14. The number of rotatable bonds is 4. The minimum absolute atomic E-state index is 0.112. The van der Waals surface area contributed by atoms with Crippen molar-refractivity contribution in [1.29, 1.82) is 5.26 Å². The number of ether oxygens (including phenoxy) is 1. The molecule has 0 bridgehead atoms. The molecule has 0 aromatic heterocycles. The molecule has 1 aromatic carbocycles. The molecule has 1 heterocycles. The molecule has 1 amide bonds. The number of carbonyl (C=O) groups excluding carboxylic acids is 1. The lowest BCUT2D eigenvalue weighted by atomic mass is 9.91. The van der Waals surface area contributed by atoms with E-state index in [9.17, 15) is 4.79 Å². The molecular formula is C16H18N2O2. The number of nitrogens with zero attached hydrogens (tertiary/aromatic N) is 2. The summed E-state index contributed by atoms with van der Waals surface area (Å²) >= 11 is 0. The van der Waals surface area contributed by atoms with Crippen LogP contribution in [0.1, 0.15) is 37.2 Å². The number of nitriles is 1. The Morgan fingerprint density at radius 3 is 2.90 bits per heavy atom. The van der Waals surface area contributed by atoms with Gasteiger partial charge in [0.05, 0.1) is 25.0 Å². The number of hydrogen-bond acceptors (Lipinski definition) is 3. The Balaban J connectivity index is 1.81. The molecule has 1 aromatic rings. The monoisotopic (exact) mass is 270 g/mol. The van der Waals surface area contributed by atoms with E-state index in [1.165, 1.54) is 0 Å². The highest BCUT2D eigenvalue weighted by Gasteiger charge is 2.37. The van der Waals surface area contributed by atoms with Gasteiger partial charge < -0.3 is 9.64 Å². The SMILES string of the molecule is N#CCCN(C(=O)C1CCOc2ccccc21)C1CC1. The fraction of sp³-hybridized carbons (Fsp3) is 0.500. The third-order valence-electron chi connectivity index (χ3n) is 3.99. The van der Waals surface area contributed by atoms with Crippen LogP contribution in [0.25, 0.3) is 0 Å². The Bertz CT molecular complexity index is 546. The van der Waals surface area contributed by atoms with E-state index >= 15 is 0 Å². The van der Waals surface area contributed by atoms with E-state index in [0.29, 0.717) is 25.6 Å². The van der Waals surface area contributed by atoms with Crippen molar-refractivity contribution in [2.45, 2.75) is 37.6 Å². The van der Waals surface area contributed by atoms with Crippen LogP contribution >= 0.6 is 0 Å². The summed E-state index contributed by atoms with van der Waals surface area (Å²) in [5.41, 5.74) is 0.992. The third-order valence-corrected chi connectivity index (χ3v) is 3.99. The van der Waals surface area contributed by atoms with Crippen LogP contribution in [0.4, 0.5) is 0 Å². The van der Waals surface area contributed by atoms with Crippen LogP contribution in [-0.2, 0) is 4.79 Å². The van der Waals surface area contributed by atoms with Gasteiger partial charge in [-0.3, -0.25) is 4.79 Å². The van der Waals surface area contributed by atoms with Crippen LogP contribution in [-0.4, -0.2) is 30.0 Å². The van der Waals surface area contributed by atoms with Crippen molar-refractivity contribution in [1.82, 2.24) is 4.90 Å². The van der Waals surface area contributed by atoms with Crippen LogP contribution in [0.2, 0.25) is 0 Å². The zero-order valence-electron chi connectivity index (χ0n) is 11.4. The van der Waals surface area contributed by atoms with Crippen LogP contribution < -0.4 is 4.74 Å². The van der Waals surface area contributed by atoms with Gasteiger partial charge in [0.15, 0.2) is 0 Å². The number of para-hydroxylation sites is 1. The molecule has 0 N–H and O–H groups in total. The zero-order valence-corrected chi connectivity index (χ0v) is 11.4. The molecule has 1 aliphatic heterocycles. The average Bonchev–Trinajstić information content (AvgIpc) is 3.31. The minimum atomic E-state index is -0.112. The predicted octanol–water partition coefficient (Wildman–Crippen LogP) is 2.46. The number of amides is 1. The lowest BCUT2D eigenvalue weighted by Crippen LogP contribution is -2.39. The molecule has 3 rings (SSSR count). The number of fused-ring (bicyclic) bond motifs is 1. The van der Waals surface area contributed by atoms with Crippen molar-refractivity contribution in [3.63, 3.8) is 0 Å². The van der Waals surface area contributed by atoms with E-state index < -0.39 is 0 Å². The number of hydrogen-bond donors (Lipinski definition) is 0. The van der Waals surface area contributed by atoms with Crippen LogP contribution in [0.5, 0.6) is 5.75 Å². The van der Waals surface area contributed by atoms with E-state index in [4.69, 9.17) is 10.00 Å². The van der Waals surface area contributed by atoms with Gasteiger partial charge in [-0.1, -0.05) is 18.2 Å². The quantitative estimate of drug-likeness (QED) is 0.844. The maximum absolute atomic E-state index is 12.8. The highest BCUT2D eigenvalue weighted by Crippen LogP contribution is 2.37. The van der Waals surface area contributed by atoms with Crippen molar-refractivity contribution in [3.8, 4) is 11.8 Å². The first-order chi connectivity index (χ1) is 9.81. The molecule has 0 radical (unpaired) electrons. The summed E-state index contributed by atoms with van der Waals surface area (Å²) in [5, 5.41) is 8.76. The Kier molecular flexibility index (Phi) is 3.60. The smallest absolute Gasteiger partial charge is 0.230 e. The lowest BCUT2D eigenvalue weighted by molar-refractivity contribution is -0.134. The van der Waals surface area contributed by atoms with E-state index in [0.717, 1.165) is 30.6 Å². The van der Waals surface area contributed by atoms with Gasteiger partial charge in [-0.25, -0.2) is 0 Å². The second kappa shape index (κ2) is 5.54. The van der Waals surface area contributed by atoms with Gasteiger partial charge in [0.25, 0.3) is 0 Å². The van der Waals surface area contributed by atoms with Crippen molar-refractivity contribution in [3.05, 3.63) is 29.8 Å². The molecule has 4 nitrogen and oxygen atoms in total. The Morgan fingerprint density at radius 2 is 2.15 bits per heavy atom. The molecule has 1 aliphatic carbocycles. The molecule has 4 heteroatoms. The van der Waals surface area contributed by atoms with Gasteiger partial charge in [0.1, 0.15) is 5.75 Å². The van der Waals surface area contributed by atoms with E-state index in [-0.39, 0.29) is 11.8 Å². The normalized spacial score (nSPS) is 20.4. The van der Waals surface area contributed by atoms with Gasteiger partial charge >= 0.3 is 0 Å². The largest absolute Gasteiger partial charge is 0.493 e. The van der Waals surface area contributed by atoms with Crippen LogP contribution in [0.3, 0.4) is 0 Å². The van der Waals surface area contributed by atoms with E-state index in [1.54, 1.807) is 0 Å². The first kappa shape index (κ1) is 13.0. The van der Waals surface area contributed by atoms with Gasteiger partial charge in [-0.15, -0.1) is 0 Å². The molecule has 1 fully saturated rings. The van der Waals surface area contributed by atoms with Crippen molar-refractivity contribution in [2.75, 3.05) is 13.2 Å². The van der Waals surface area contributed by atoms with Crippen molar-refractivity contribution < 1.29 is 9.53 Å². The van der Waals surface area contributed by atoms with Gasteiger partial charge in [0.2, 0.25) is 5.91 Å². The van der Waals surface area contributed by atoms with Gasteiger partial charge in [-0.05, 0) is 25.3 Å². The fourth-order valence-corrected chi connectivity index (χ4v) is 2.83. The number of benzene rings is 1. The summed E-state index contributed by atoms with van der Waals surface area (Å²) in [6, 6.07) is 10.3. The molecule has 1 atom stereocenters. The first-order valence-corrected chi connectivity index (χ1v) is 7.20. The number of carbonyl (C=O) groups is 1. The molecule has 1 saturated carbocycles. The highest BCUT2D eigenvalue weighted by molar-refractivity contribution is 5.85. The fourth-order valence-electron chi connectivity index (χ4n) is 2.83. The Hall–Kier alpha value is -2.02. The minimum Gasteiger partial charge on any atom is -0.493 e. The van der Waals surface area contributed by atoms with Crippen LogP contribution in [0.15, 0.2) is 24.3 Å². The maximum atomic E-state index is 12.8. The van der Waals surface area contributed by atoms with E-state index in [2.05, 4.69) is 6.07 Å². The van der Waals surface area contributed by atoms with Crippen molar-refractivity contribution >= 4 is 5.91 Å².